The Balaban J connectivity index is -0.00000184. The van der Waals surface area contributed by atoms with Gasteiger partial charge in [-0.25, -0.2) is 9.35 Å². The maximum absolute atomic E-state index is 11.0. The molecule has 0 saturated carbocycles. The Morgan fingerprint density at radius 1 is 0.482 bits per heavy atom. The molecule has 0 aromatic heterocycles. The Kier molecular flexibility index (Phi) is 58.8. The van der Waals surface area contributed by atoms with Gasteiger partial charge in [0.1, 0.15) is 12.1 Å². The van der Waals surface area contributed by atoms with Crippen LogP contribution in [0.25, 0.3) is 0 Å². The highest BCUT2D eigenvalue weighted by molar-refractivity contribution is 7.81. The molecule has 0 aromatic carbocycles. The van der Waals surface area contributed by atoms with Crippen LogP contribution in [0.3, 0.4) is 0 Å². The van der Waals surface area contributed by atoms with Gasteiger partial charge >= 0.3 is 0 Å². The Hall–Kier alpha value is -1.32. The summed E-state index contributed by atoms with van der Waals surface area (Å²) in [5, 5.41) is 12.1. The van der Waals surface area contributed by atoms with E-state index >= 15 is 0 Å². The van der Waals surface area contributed by atoms with Gasteiger partial charge in [0, 0.05) is 12.8 Å². The molecule has 1 atom stereocenters. The zero-order valence-corrected chi connectivity index (χ0v) is 38.6. The van der Waals surface area contributed by atoms with Crippen LogP contribution in [0, 0.1) is 0 Å². The van der Waals surface area contributed by atoms with Crippen molar-refractivity contribution in [2.75, 3.05) is 19.6 Å². The molecule has 0 bridgehead atoms. The number of carboxylic acid groups (broad SMARTS) is 1. The summed E-state index contributed by atoms with van der Waals surface area (Å²) < 4.78 is 14.8. The quantitative estimate of drug-likeness (QED) is 0.0242. The lowest BCUT2D eigenvalue weighted by molar-refractivity contribution is -0.122. The first-order valence-corrected chi connectivity index (χ1v) is 25.3. The predicted octanol–water partition coefficient (Wildman–Crippen LogP) is 14.0. The third-order valence-electron chi connectivity index (χ3n) is 10.7. The monoisotopic (exact) mass is 815 g/mol. The summed E-state index contributed by atoms with van der Waals surface area (Å²) >= 11 is -1.68. The number of nitrogens with two attached hydrogens (primary N) is 2. The van der Waals surface area contributed by atoms with Crippen LogP contribution in [0.4, 0.5) is 0 Å². The van der Waals surface area contributed by atoms with Gasteiger partial charge < -0.3 is 20.5 Å². The van der Waals surface area contributed by atoms with Crippen molar-refractivity contribution in [1.82, 2.24) is 4.90 Å². The molecule has 0 rings (SSSR count). The second-order valence-corrected chi connectivity index (χ2v) is 16.9. The van der Waals surface area contributed by atoms with E-state index in [-0.39, 0.29) is 6.47 Å². The first-order valence-electron chi connectivity index (χ1n) is 24.2. The van der Waals surface area contributed by atoms with Gasteiger partial charge in [0.05, 0.1) is 0 Å². The molecule has 0 heterocycles. The molecule has 56 heavy (non-hydrogen) atoms. The van der Waals surface area contributed by atoms with Gasteiger partial charge in [0.15, 0.2) is 0 Å². The number of hydrogen-bond acceptors (Lipinski definition) is 4. The molecule has 8 nitrogen and oxygen atoms in total. The Bertz CT molecular complexity index is 770. The van der Waals surface area contributed by atoms with Gasteiger partial charge in [-0.05, 0) is 51.7 Å². The molecular formula is C47H98N4O4S. The van der Waals surface area contributed by atoms with E-state index in [1.165, 1.54) is 225 Å². The van der Waals surface area contributed by atoms with Crippen molar-refractivity contribution in [3.63, 3.8) is 0 Å². The van der Waals surface area contributed by atoms with Crippen LogP contribution in [0.5, 0.6) is 0 Å². The fraction of sp³-hybridized carbons (Fsp3) is 0.936. The number of nitrogens with zero attached hydrogens (tertiary/aromatic N) is 2. The van der Waals surface area contributed by atoms with Crippen molar-refractivity contribution >= 4 is 29.8 Å². The van der Waals surface area contributed by atoms with E-state index in [0.29, 0.717) is 12.3 Å². The lowest BCUT2D eigenvalue weighted by Crippen LogP contribution is -2.27. The highest BCUT2D eigenvalue weighted by Crippen LogP contribution is 2.15. The van der Waals surface area contributed by atoms with Gasteiger partial charge in [-0.2, -0.15) is 4.40 Å². The minimum absolute atomic E-state index is 0.250. The second kappa shape index (κ2) is 55.8. The summed E-state index contributed by atoms with van der Waals surface area (Å²) in [4.78, 5) is 20.9. The van der Waals surface area contributed by atoms with Crippen molar-refractivity contribution in [2.45, 2.75) is 265 Å². The normalized spacial score (nSPS) is 11.8. The number of aldehydes is 1. The lowest BCUT2D eigenvalue weighted by Gasteiger charge is -2.22. The Labute approximate surface area is 352 Å². The number of rotatable bonds is 43. The van der Waals surface area contributed by atoms with Crippen molar-refractivity contribution < 1.29 is 18.9 Å². The molecule has 0 amide bonds. The van der Waals surface area contributed by atoms with E-state index in [9.17, 15) is 9.00 Å². The average Bonchev–Trinajstić information content (AvgIpc) is 3.18. The van der Waals surface area contributed by atoms with Crippen LogP contribution >= 0.6 is 0 Å². The molecule has 5 N–H and O–H groups in total. The predicted molar refractivity (Wildman–Crippen MR) is 248 cm³/mol. The van der Waals surface area contributed by atoms with E-state index < -0.39 is 11.2 Å². The molecular weight excluding hydrogens is 717 g/mol. The Morgan fingerprint density at radius 2 is 0.732 bits per heavy atom. The third-order valence-corrected chi connectivity index (χ3v) is 11.1. The zero-order chi connectivity index (χ0) is 41.8. The largest absolute Gasteiger partial charge is 0.483 e. The molecule has 0 aliphatic carbocycles. The van der Waals surface area contributed by atoms with Gasteiger partial charge in [0.2, 0.25) is 11.2 Å². The minimum Gasteiger partial charge on any atom is -0.483 e. The van der Waals surface area contributed by atoms with Gasteiger partial charge in [-0.1, -0.05) is 220 Å². The minimum atomic E-state index is -1.68. The maximum Gasteiger partial charge on any atom is 0.290 e. The van der Waals surface area contributed by atoms with E-state index in [0.717, 1.165) is 38.5 Å². The van der Waals surface area contributed by atoms with Crippen LogP contribution in [0.2, 0.25) is 0 Å². The third kappa shape index (κ3) is 59.4. The summed E-state index contributed by atoms with van der Waals surface area (Å²) in [5.74, 6) is 0.423. The van der Waals surface area contributed by atoms with Gasteiger partial charge in [-0.15, -0.1) is 0 Å². The molecule has 1 unspecified atom stereocenters. The summed E-state index contributed by atoms with van der Waals surface area (Å²) in [5.41, 5.74) is 5.84. The van der Waals surface area contributed by atoms with Crippen molar-refractivity contribution in [2.24, 2.45) is 15.3 Å². The van der Waals surface area contributed by atoms with Crippen molar-refractivity contribution in [1.29, 1.82) is 0 Å². The number of carbonyl (C=O) groups is 2. The topological polar surface area (TPSA) is 139 Å². The molecule has 9 heteroatoms. The first kappa shape index (κ1) is 59.0. The number of amidine groups is 1. The van der Waals surface area contributed by atoms with E-state index in [4.69, 9.17) is 20.8 Å². The SMILES string of the molecule is CCCCCCCCC=O.CCCCCCCCCCCCCCCCN(CCCCCCCCCCCCCCCC)CCCC/C(N)=N/S(N)=O.O=CO. The highest BCUT2D eigenvalue weighted by Gasteiger charge is 2.06. The molecule has 0 saturated heterocycles. The molecule has 0 aromatic rings. The molecule has 0 aliphatic heterocycles. The van der Waals surface area contributed by atoms with Crippen LogP contribution in [0.15, 0.2) is 4.40 Å². The highest BCUT2D eigenvalue weighted by atomic mass is 32.2. The smallest absolute Gasteiger partial charge is 0.290 e. The summed E-state index contributed by atoms with van der Waals surface area (Å²) in [6, 6.07) is 0. The molecule has 0 spiro atoms. The van der Waals surface area contributed by atoms with E-state index in [1.807, 2.05) is 0 Å². The van der Waals surface area contributed by atoms with Gasteiger partial charge in [-0.3, -0.25) is 4.79 Å². The molecule has 0 radical (unpaired) electrons. The number of unbranched alkanes of at least 4 members (excludes halogenated alkanes) is 33. The van der Waals surface area contributed by atoms with Gasteiger partial charge in [0.25, 0.3) is 6.47 Å². The van der Waals surface area contributed by atoms with Crippen molar-refractivity contribution in [3.05, 3.63) is 0 Å². The van der Waals surface area contributed by atoms with Crippen LogP contribution in [0.1, 0.15) is 265 Å². The fourth-order valence-corrected chi connectivity index (χ4v) is 7.53. The first-order chi connectivity index (χ1) is 27.4. The van der Waals surface area contributed by atoms with Crippen LogP contribution in [-0.4, -0.2) is 52.4 Å². The van der Waals surface area contributed by atoms with Crippen molar-refractivity contribution in [3.8, 4) is 0 Å². The molecule has 0 aliphatic rings. The molecule has 336 valence electrons. The standard InChI is InChI=1S/C37H78N4OS.C9H18O.CH2O2/c1-3-5-7-9-11-13-15-17-19-21-23-25-27-30-34-41(36-32-29-33-37(38)40-43(39)42)35-31-28-26-24-22-20-18-16-14-12-10-8-6-4-2;1-2-3-4-5-6-7-8-9-10;2-1-3/h3-36,39H2,1-2H3,(H2,38,40);9H,2-8H2,1H3;1H,(H,2,3). The summed E-state index contributed by atoms with van der Waals surface area (Å²) in [6.45, 7) is 10.1. The fourth-order valence-electron chi connectivity index (χ4n) is 7.21. The van der Waals surface area contributed by atoms with Crippen LogP contribution < -0.4 is 10.9 Å². The average molecular weight is 815 g/mol. The number of hydrogen-bond donors (Lipinski definition) is 3. The Morgan fingerprint density at radius 3 is 1.00 bits per heavy atom. The zero-order valence-electron chi connectivity index (χ0n) is 37.8. The number of carbonyl (C=O) groups excluding carboxylic acids is 1. The maximum atomic E-state index is 11.0. The van der Waals surface area contributed by atoms with E-state index in [1.54, 1.807) is 0 Å². The van der Waals surface area contributed by atoms with Crippen LogP contribution in [-0.2, 0) is 20.8 Å². The second-order valence-electron chi connectivity index (χ2n) is 16.2. The summed E-state index contributed by atoms with van der Waals surface area (Å²) in [7, 11) is 0. The summed E-state index contributed by atoms with van der Waals surface area (Å²) in [6.07, 6.45) is 51.8. The lowest BCUT2D eigenvalue weighted by atomic mass is 10.0. The molecule has 0 fully saturated rings. The van der Waals surface area contributed by atoms with E-state index in [2.05, 4.69) is 30.1 Å².